The van der Waals surface area contributed by atoms with Gasteiger partial charge in [-0.1, -0.05) is 36.2 Å². The van der Waals surface area contributed by atoms with E-state index in [2.05, 4.69) is 6.58 Å². The number of likely N-dealkylation sites (N-methyl/N-ethyl adjacent to an activating group) is 1. The molecular formula is C12H16Cl2N2O2S. The number of nitrogens with two attached hydrogens (primary N) is 1. The third-order valence-electron chi connectivity index (χ3n) is 2.66. The lowest BCUT2D eigenvalue weighted by Crippen LogP contribution is -2.31. The lowest BCUT2D eigenvalue weighted by Gasteiger charge is -2.20. The summed E-state index contributed by atoms with van der Waals surface area (Å²) in [5, 5.41) is 0.440. The molecule has 0 aliphatic rings. The quantitative estimate of drug-likeness (QED) is 0.819. The fourth-order valence-electron chi connectivity index (χ4n) is 1.64. The smallest absolute Gasteiger partial charge is 0.244 e. The second-order valence-corrected chi connectivity index (χ2v) is 6.48. The predicted octanol–water partition coefficient (Wildman–Crippen LogP) is 2.65. The molecule has 0 bridgehead atoms. The molecule has 0 amide bonds. The molecule has 4 nitrogen and oxygen atoms in total. The van der Waals surface area contributed by atoms with Crippen LogP contribution in [0.2, 0.25) is 10.0 Å². The topological polar surface area (TPSA) is 63.4 Å². The number of halogens is 2. The van der Waals surface area contributed by atoms with Crippen LogP contribution < -0.4 is 5.73 Å². The van der Waals surface area contributed by atoms with Gasteiger partial charge in [0.15, 0.2) is 0 Å². The van der Waals surface area contributed by atoms with Crippen molar-refractivity contribution >= 4 is 33.2 Å². The Morgan fingerprint density at radius 2 is 2.05 bits per heavy atom. The van der Waals surface area contributed by atoms with Gasteiger partial charge in [0.25, 0.3) is 0 Å². The highest BCUT2D eigenvalue weighted by Gasteiger charge is 2.26. The van der Waals surface area contributed by atoms with Crippen LogP contribution in [0.3, 0.4) is 0 Å². The lowest BCUT2D eigenvalue weighted by molar-refractivity contribution is 0.460. The SMILES string of the molecule is C=CCN(CC)S(=O)(=O)c1ccc(Cl)c(CN)c1Cl. The van der Waals surface area contributed by atoms with Crippen molar-refractivity contribution in [2.24, 2.45) is 5.73 Å². The average Bonchev–Trinajstić information content (AvgIpc) is 2.35. The first-order valence-corrected chi connectivity index (χ1v) is 7.87. The highest BCUT2D eigenvalue weighted by molar-refractivity contribution is 7.89. The van der Waals surface area contributed by atoms with Crippen molar-refractivity contribution < 1.29 is 8.42 Å². The maximum Gasteiger partial charge on any atom is 0.244 e. The summed E-state index contributed by atoms with van der Waals surface area (Å²) >= 11 is 12.0. The summed E-state index contributed by atoms with van der Waals surface area (Å²) in [5.74, 6) is 0. The van der Waals surface area contributed by atoms with Crippen molar-refractivity contribution in [3.05, 3.63) is 40.4 Å². The second-order valence-electron chi connectivity index (χ2n) is 3.79. The van der Waals surface area contributed by atoms with Crippen LogP contribution in [0.1, 0.15) is 12.5 Å². The molecule has 0 atom stereocenters. The molecule has 0 aliphatic heterocycles. The molecule has 0 spiro atoms. The highest BCUT2D eigenvalue weighted by atomic mass is 35.5. The van der Waals surface area contributed by atoms with Gasteiger partial charge in [0.1, 0.15) is 4.90 Å². The van der Waals surface area contributed by atoms with E-state index >= 15 is 0 Å². The van der Waals surface area contributed by atoms with Crippen molar-refractivity contribution in [3.63, 3.8) is 0 Å². The Hall–Kier alpha value is -0.590. The number of rotatable bonds is 6. The van der Waals surface area contributed by atoms with Gasteiger partial charge in [0.05, 0.1) is 5.02 Å². The molecule has 0 saturated carbocycles. The third kappa shape index (κ3) is 3.30. The molecule has 2 N–H and O–H groups in total. The van der Waals surface area contributed by atoms with Gasteiger partial charge in [-0.25, -0.2) is 8.42 Å². The Balaban J connectivity index is 3.40. The zero-order valence-corrected chi connectivity index (χ0v) is 12.9. The maximum absolute atomic E-state index is 12.5. The van der Waals surface area contributed by atoms with Crippen molar-refractivity contribution in [1.29, 1.82) is 0 Å². The van der Waals surface area contributed by atoms with Crippen LogP contribution in [0.25, 0.3) is 0 Å². The van der Waals surface area contributed by atoms with Crippen LogP contribution in [0.15, 0.2) is 29.7 Å². The van der Waals surface area contributed by atoms with Crippen molar-refractivity contribution in [3.8, 4) is 0 Å². The number of hydrogen-bond donors (Lipinski definition) is 1. The van der Waals surface area contributed by atoms with Crippen LogP contribution in [0.5, 0.6) is 0 Å². The monoisotopic (exact) mass is 322 g/mol. The molecule has 0 unspecified atom stereocenters. The molecule has 0 saturated heterocycles. The van der Waals surface area contributed by atoms with Gasteiger partial charge < -0.3 is 5.73 Å². The minimum atomic E-state index is -3.68. The van der Waals surface area contributed by atoms with Crippen LogP contribution in [-0.2, 0) is 16.6 Å². The van der Waals surface area contributed by atoms with Crippen LogP contribution >= 0.6 is 23.2 Å². The zero-order valence-electron chi connectivity index (χ0n) is 10.6. The minimum absolute atomic E-state index is 0.0164. The van der Waals surface area contributed by atoms with Gasteiger partial charge in [-0.15, -0.1) is 6.58 Å². The summed E-state index contributed by atoms with van der Waals surface area (Å²) in [6, 6.07) is 2.88. The Labute approximate surface area is 123 Å². The van der Waals surface area contributed by atoms with Gasteiger partial charge in [0, 0.05) is 30.2 Å². The van der Waals surface area contributed by atoms with Crippen molar-refractivity contribution in [2.45, 2.75) is 18.4 Å². The van der Waals surface area contributed by atoms with E-state index < -0.39 is 10.0 Å². The van der Waals surface area contributed by atoms with E-state index in [-0.39, 0.29) is 23.0 Å². The first-order valence-electron chi connectivity index (χ1n) is 5.68. The molecule has 1 aromatic carbocycles. The molecule has 1 aromatic rings. The fraction of sp³-hybridized carbons (Fsp3) is 0.333. The van der Waals surface area contributed by atoms with Crippen molar-refractivity contribution in [2.75, 3.05) is 13.1 Å². The molecule has 106 valence electrons. The molecule has 0 radical (unpaired) electrons. The van der Waals surface area contributed by atoms with Gasteiger partial charge >= 0.3 is 0 Å². The molecule has 0 aromatic heterocycles. The Kier molecular flexibility index (Phi) is 5.82. The summed E-state index contributed by atoms with van der Waals surface area (Å²) < 4.78 is 26.2. The van der Waals surface area contributed by atoms with E-state index in [4.69, 9.17) is 28.9 Å². The van der Waals surface area contributed by atoms with Gasteiger partial charge in [-0.2, -0.15) is 4.31 Å². The molecular weight excluding hydrogens is 307 g/mol. The van der Waals surface area contributed by atoms with E-state index in [1.165, 1.54) is 22.5 Å². The molecule has 1 rings (SSSR count). The fourth-order valence-corrected chi connectivity index (χ4v) is 3.97. The van der Waals surface area contributed by atoms with Gasteiger partial charge in [-0.05, 0) is 12.1 Å². The van der Waals surface area contributed by atoms with Crippen LogP contribution in [0.4, 0.5) is 0 Å². The van der Waals surface area contributed by atoms with Crippen LogP contribution in [0, 0.1) is 0 Å². The van der Waals surface area contributed by atoms with Crippen molar-refractivity contribution in [1.82, 2.24) is 4.31 Å². The Bertz CT molecular complexity index is 573. The zero-order chi connectivity index (χ0) is 14.6. The summed E-state index contributed by atoms with van der Waals surface area (Å²) in [6.07, 6.45) is 1.52. The first kappa shape index (κ1) is 16.5. The van der Waals surface area contributed by atoms with E-state index in [1.807, 2.05) is 0 Å². The number of nitrogens with zero attached hydrogens (tertiary/aromatic N) is 1. The first-order chi connectivity index (χ1) is 8.89. The lowest BCUT2D eigenvalue weighted by atomic mass is 10.2. The van der Waals surface area contributed by atoms with Gasteiger partial charge in [-0.3, -0.25) is 0 Å². The number of benzene rings is 1. The summed E-state index contributed by atoms with van der Waals surface area (Å²) in [4.78, 5) is 0.0164. The molecule has 19 heavy (non-hydrogen) atoms. The van der Waals surface area contributed by atoms with E-state index in [0.717, 1.165) is 0 Å². The van der Waals surface area contributed by atoms with Gasteiger partial charge in [0.2, 0.25) is 10.0 Å². The number of hydrogen-bond acceptors (Lipinski definition) is 3. The normalized spacial score (nSPS) is 11.8. The average molecular weight is 323 g/mol. The molecule has 0 aliphatic carbocycles. The summed E-state index contributed by atoms with van der Waals surface area (Å²) in [5.41, 5.74) is 5.97. The summed E-state index contributed by atoms with van der Waals surface area (Å²) in [6.45, 7) is 5.91. The molecule has 7 heteroatoms. The molecule has 0 heterocycles. The molecule has 0 fully saturated rings. The van der Waals surface area contributed by atoms with E-state index in [9.17, 15) is 8.42 Å². The standard InChI is InChI=1S/C12H16Cl2N2O2S/c1-3-7-16(4-2)19(17,18)11-6-5-10(13)9(8-15)12(11)14/h3,5-6H,1,4,7-8,15H2,2H3. The Morgan fingerprint density at radius 1 is 1.42 bits per heavy atom. The minimum Gasteiger partial charge on any atom is -0.326 e. The largest absolute Gasteiger partial charge is 0.326 e. The Morgan fingerprint density at radius 3 is 2.53 bits per heavy atom. The van der Waals surface area contributed by atoms with Crippen LogP contribution in [-0.4, -0.2) is 25.8 Å². The third-order valence-corrected chi connectivity index (χ3v) is 5.54. The van der Waals surface area contributed by atoms with E-state index in [1.54, 1.807) is 6.92 Å². The summed E-state index contributed by atoms with van der Waals surface area (Å²) in [7, 11) is -3.68. The second kappa shape index (κ2) is 6.72. The predicted molar refractivity (Wildman–Crippen MR) is 79.0 cm³/mol. The number of sulfonamides is 1. The highest BCUT2D eigenvalue weighted by Crippen LogP contribution is 2.32. The maximum atomic E-state index is 12.5. The van der Waals surface area contributed by atoms with E-state index in [0.29, 0.717) is 17.1 Å².